The summed E-state index contributed by atoms with van der Waals surface area (Å²) in [6.45, 7) is 5.65. The van der Waals surface area contributed by atoms with Gasteiger partial charge in [-0.1, -0.05) is 35.3 Å². The summed E-state index contributed by atoms with van der Waals surface area (Å²) >= 11 is 12.2. The Morgan fingerprint density at radius 1 is 1.30 bits per heavy atom. The first-order chi connectivity index (χ1) is 9.49. The molecule has 2 rings (SSSR count). The van der Waals surface area contributed by atoms with Gasteiger partial charge < -0.3 is 5.11 Å². The lowest BCUT2D eigenvalue weighted by molar-refractivity contribution is -0.143. The molecule has 4 nitrogen and oxygen atoms in total. The molecule has 0 aromatic heterocycles. The monoisotopic (exact) mass is 316 g/mol. The lowest BCUT2D eigenvalue weighted by atomic mass is 10.1. The fraction of sp³-hybridized carbons (Fsp3) is 0.500. The van der Waals surface area contributed by atoms with Crippen LogP contribution in [-0.2, 0) is 11.3 Å². The van der Waals surface area contributed by atoms with E-state index < -0.39 is 12.0 Å². The van der Waals surface area contributed by atoms with E-state index >= 15 is 0 Å². The van der Waals surface area contributed by atoms with Gasteiger partial charge in [0.1, 0.15) is 6.04 Å². The Balaban J connectivity index is 1.92. The minimum Gasteiger partial charge on any atom is -0.480 e. The van der Waals surface area contributed by atoms with Gasteiger partial charge in [-0.3, -0.25) is 14.6 Å². The molecule has 20 heavy (non-hydrogen) atoms. The van der Waals surface area contributed by atoms with Crippen LogP contribution in [0.25, 0.3) is 0 Å². The van der Waals surface area contributed by atoms with Gasteiger partial charge in [0, 0.05) is 32.7 Å². The fourth-order valence-corrected chi connectivity index (χ4v) is 2.76. The molecule has 1 N–H and O–H groups in total. The SMILES string of the molecule is C[C@H](C(=O)O)N1CCN(Cc2cccc(Cl)c2Cl)CC1. The van der Waals surface area contributed by atoms with E-state index in [1.807, 2.05) is 17.0 Å². The van der Waals surface area contributed by atoms with Crippen molar-refractivity contribution in [3.8, 4) is 0 Å². The van der Waals surface area contributed by atoms with Crippen LogP contribution in [0.5, 0.6) is 0 Å². The first-order valence-corrected chi connectivity index (χ1v) is 7.36. The van der Waals surface area contributed by atoms with E-state index in [2.05, 4.69) is 4.90 Å². The molecule has 0 spiro atoms. The van der Waals surface area contributed by atoms with Crippen molar-refractivity contribution in [1.29, 1.82) is 0 Å². The van der Waals surface area contributed by atoms with Crippen LogP contribution in [0.1, 0.15) is 12.5 Å². The Hall–Kier alpha value is -0.810. The molecule has 1 atom stereocenters. The van der Waals surface area contributed by atoms with Crippen molar-refractivity contribution in [3.05, 3.63) is 33.8 Å². The van der Waals surface area contributed by atoms with Crippen LogP contribution in [0.15, 0.2) is 18.2 Å². The van der Waals surface area contributed by atoms with Crippen molar-refractivity contribution in [2.45, 2.75) is 19.5 Å². The van der Waals surface area contributed by atoms with E-state index in [9.17, 15) is 4.79 Å². The predicted molar refractivity (Wildman–Crippen MR) is 80.4 cm³/mol. The second-order valence-corrected chi connectivity index (χ2v) is 5.82. The maximum Gasteiger partial charge on any atom is 0.320 e. The first kappa shape index (κ1) is 15.6. The molecule has 0 radical (unpaired) electrons. The summed E-state index contributed by atoms with van der Waals surface area (Å²) < 4.78 is 0. The zero-order chi connectivity index (χ0) is 14.7. The summed E-state index contributed by atoms with van der Waals surface area (Å²) in [5.74, 6) is -0.767. The molecule has 0 amide bonds. The average molecular weight is 317 g/mol. The third-order valence-corrected chi connectivity index (χ3v) is 4.60. The molecule has 1 aromatic carbocycles. The lowest BCUT2D eigenvalue weighted by Gasteiger charge is -2.36. The molecular formula is C14H18Cl2N2O2. The summed E-state index contributed by atoms with van der Waals surface area (Å²) in [6, 6.07) is 5.22. The topological polar surface area (TPSA) is 43.8 Å². The Kier molecular flexibility index (Phi) is 5.27. The highest BCUT2D eigenvalue weighted by atomic mass is 35.5. The quantitative estimate of drug-likeness (QED) is 0.927. The predicted octanol–water partition coefficient (Wildman–Crippen LogP) is 2.58. The van der Waals surface area contributed by atoms with Crippen LogP contribution >= 0.6 is 23.2 Å². The largest absolute Gasteiger partial charge is 0.480 e. The molecule has 1 heterocycles. The number of nitrogens with zero attached hydrogens (tertiary/aromatic N) is 2. The van der Waals surface area contributed by atoms with Gasteiger partial charge >= 0.3 is 5.97 Å². The minimum absolute atomic E-state index is 0.424. The number of carboxylic acids is 1. The molecule has 1 aliphatic heterocycles. The summed E-state index contributed by atoms with van der Waals surface area (Å²) in [7, 11) is 0. The fourth-order valence-electron chi connectivity index (χ4n) is 2.38. The van der Waals surface area contributed by atoms with Crippen molar-refractivity contribution < 1.29 is 9.90 Å². The summed E-state index contributed by atoms with van der Waals surface area (Å²) in [5, 5.41) is 10.2. The third-order valence-electron chi connectivity index (χ3n) is 3.74. The normalized spacial score (nSPS) is 18.9. The lowest BCUT2D eigenvalue weighted by Crippen LogP contribution is -2.51. The van der Waals surface area contributed by atoms with Crippen LogP contribution in [0.4, 0.5) is 0 Å². The Morgan fingerprint density at radius 3 is 2.55 bits per heavy atom. The zero-order valence-electron chi connectivity index (χ0n) is 11.4. The number of carbonyl (C=O) groups is 1. The number of halogens is 2. The Labute approximate surface area is 128 Å². The minimum atomic E-state index is -0.767. The van der Waals surface area contributed by atoms with Crippen molar-refractivity contribution in [2.24, 2.45) is 0 Å². The van der Waals surface area contributed by atoms with Gasteiger partial charge in [0.05, 0.1) is 10.0 Å². The van der Waals surface area contributed by atoms with Crippen molar-refractivity contribution >= 4 is 29.2 Å². The van der Waals surface area contributed by atoms with Crippen molar-refractivity contribution in [1.82, 2.24) is 9.80 Å². The number of aliphatic carboxylic acids is 1. The molecule has 1 aliphatic rings. The maximum atomic E-state index is 11.0. The molecule has 0 aliphatic carbocycles. The Morgan fingerprint density at radius 2 is 1.95 bits per heavy atom. The van der Waals surface area contributed by atoms with Gasteiger partial charge in [-0.25, -0.2) is 0 Å². The Bertz CT molecular complexity index is 488. The standard InChI is InChI=1S/C14H18Cl2N2O2/c1-10(14(19)20)18-7-5-17(6-8-18)9-11-3-2-4-12(15)13(11)16/h2-4,10H,5-9H2,1H3,(H,19,20)/t10-/m1/s1. The van der Waals surface area contributed by atoms with Gasteiger partial charge in [-0.2, -0.15) is 0 Å². The highest BCUT2D eigenvalue weighted by Gasteiger charge is 2.25. The molecule has 6 heteroatoms. The second kappa shape index (κ2) is 6.76. The molecule has 1 fully saturated rings. The summed E-state index contributed by atoms with van der Waals surface area (Å²) in [5.41, 5.74) is 1.01. The highest BCUT2D eigenvalue weighted by Crippen LogP contribution is 2.26. The average Bonchev–Trinajstić information content (AvgIpc) is 2.44. The van der Waals surface area contributed by atoms with Crippen LogP contribution in [0.3, 0.4) is 0 Å². The number of benzene rings is 1. The van der Waals surface area contributed by atoms with Gasteiger partial charge in [-0.15, -0.1) is 0 Å². The first-order valence-electron chi connectivity index (χ1n) is 6.61. The van der Waals surface area contributed by atoms with Crippen molar-refractivity contribution in [3.63, 3.8) is 0 Å². The highest BCUT2D eigenvalue weighted by molar-refractivity contribution is 6.42. The molecule has 1 aromatic rings. The number of rotatable bonds is 4. The number of carboxylic acid groups (broad SMARTS) is 1. The van der Waals surface area contributed by atoms with Gasteiger partial charge in [0.25, 0.3) is 0 Å². The van der Waals surface area contributed by atoms with Crippen LogP contribution in [0.2, 0.25) is 10.0 Å². The van der Waals surface area contributed by atoms with E-state index in [0.29, 0.717) is 10.0 Å². The second-order valence-electron chi connectivity index (χ2n) is 5.04. The van der Waals surface area contributed by atoms with Gasteiger partial charge in [0.15, 0.2) is 0 Å². The van der Waals surface area contributed by atoms with Crippen LogP contribution in [-0.4, -0.2) is 53.1 Å². The molecular weight excluding hydrogens is 299 g/mol. The number of piperazine rings is 1. The molecule has 110 valence electrons. The molecule has 0 unspecified atom stereocenters. The number of hydrogen-bond donors (Lipinski definition) is 1. The smallest absolute Gasteiger partial charge is 0.320 e. The zero-order valence-corrected chi connectivity index (χ0v) is 12.9. The van der Waals surface area contributed by atoms with Gasteiger partial charge in [-0.05, 0) is 18.6 Å². The maximum absolute atomic E-state index is 11.0. The van der Waals surface area contributed by atoms with Crippen LogP contribution in [0, 0.1) is 0 Å². The summed E-state index contributed by atoms with van der Waals surface area (Å²) in [4.78, 5) is 15.2. The van der Waals surface area contributed by atoms with E-state index in [1.165, 1.54) is 0 Å². The van der Waals surface area contributed by atoms with Crippen LogP contribution < -0.4 is 0 Å². The molecule has 0 bridgehead atoms. The molecule has 1 saturated heterocycles. The molecule has 0 saturated carbocycles. The third kappa shape index (κ3) is 3.64. The van der Waals surface area contributed by atoms with Gasteiger partial charge in [0.2, 0.25) is 0 Å². The van der Waals surface area contributed by atoms with E-state index in [4.69, 9.17) is 28.3 Å². The van der Waals surface area contributed by atoms with E-state index in [-0.39, 0.29) is 0 Å². The van der Waals surface area contributed by atoms with E-state index in [0.717, 1.165) is 38.3 Å². The van der Waals surface area contributed by atoms with E-state index in [1.54, 1.807) is 13.0 Å². The number of hydrogen-bond acceptors (Lipinski definition) is 3. The summed E-state index contributed by atoms with van der Waals surface area (Å²) in [6.07, 6.45) is 0. The van der Waals surface area contributed by atoms with Crippen molar-refractivity contribution in [2.75, 3.05) is 26.2 Å².